The van der Waals surface area contributed by atoms with Gasteiger partial charge in [0.15, 0.2) is 0 Å². The Kier molecular flexibility index (Phi) is 4.54. The van der Waals surface area contributed by atoms with Crippen LogP contribution in [-0.2, 0) is 0 Å². The molecule has 0 saturated heterocycles. The highest BCUT2D eigenvalue weighted by atomic mass is 79.9. The van der Waals surface area contributed by atoms with Crippen LogP contribution in [0.5, 0.6) is 0 Å². The second-order valence-electron chi connectivity index (χ2n) is 4.00. The van der Waals surface area contributed by atoms with Crippen molar-refractivity contribution in [3.05, 3.63) is 67.4 Å². The van der Waals surface area contributed by atoms with Gasteiger partial charge in [0.2, 0.25) is 0 Å². The van der Waals surface area contributed by atoms with Crippen LogP contribution in [0.15, 0.2) is 40.9 Å². The maximum absolute atomic E-state index is 13.6. The molecule has 2 aromatic rings. The van der Waals surface area contributed by atoms with Crippen molar-refractivity contribution in [1.29, 1.82) is 0 Å². The van der Waals surface area contributed by atoms with E-state index in [4.69, 9.17) is 11.6 Å². The fraction of sp³-hybridized carbons (Fsp3) is 0. The van der Waals surface area contributed by atoms with E-state index in [0.717, 1.165) is 12.1 Å². The van der Waals surface area contributed by atoms with Crippen molar-refractivity contribution < 1.29 is 14.1 Å². The summed E-state index contributed by atoms with van der Waals surface area (Å²) in [6.07, 6.45) is 0. The van der Waals surface area contributed by atoms with E-state index in [-0.39, 0.29) is 26.4 Å². The van der Waals surface area contributed by atoms with E-state index in [2.05, 4.69) is 21.2 Å². The summed E-state index contributed by atoms with van der Waals surface area (Å²) in [4.78, 5) is 22.2. The first-order chi connectivity index (χ1) is 9.88. The highest BCUT2D eigenvalue weighted by molar-refractivity contribution is 9.10. The summed E-state index contributed by atoms with van der Waals surface area (Å²) in [6, 6.07) is 7.66. The number of hydrogen-bond donors (Lipinski definition) is 1. The van der Waals surface area contributed by atoms with Gasteiger partial charge in [0.25, 0.3) is 11.6 Å². The lowest BCUT2D eigenvalue weighted by Crippen LogP contribution is -2.13. The maximum atomic E-state index is 13.6. The van der Waals surface area contributed by atoms with E-state index < -0.39 is 16.6 Å². The normalized spacial score (nSPS) is 10.2. The molecule has 0 unspecified atom stereocenters. The lowest BCUT2D eigenvalue weighted by molar-refractivity contribution is -0.385. The van der Waals surface area contributed by atoms with Gasteiger partial charge in [-0.15, -0.1) is 0 Å². The smallest absolute Gasteiger partial charge is 0.284 e. The molecule has 0 aliphatic heterocycles. The first-order valence-electron chi connectivity index (χ1n) is 5.59. The van der Waals surface area contributed by atoms with Crippen molar-refractivity contribution in [2.75, 3.05) is 5.32 Å². The molecule has 0 aliphatic rings. The predicted octanol–water partition coefficient (Wildman–Crippen LogP) is 4.40. The van der Waals surface area contributed by atoms with Crippen LogP contribution in [0.4, 0.5) is 15.8 Å². The summed E-state index contributed by atoms with van der Waals surface area (Å²) in [5, 5.41) is 13.3. The highest BCUT2D eigenvalue weighted by Crippen LogP contribution is 2.26. The Hall–Kier alpha value is -1.99. The predicted molar refractivity (Wildman–Crippen MR) is 80.2 cm³/mol. The Bertz CT molecular complexity index is 739. The minimum absolute atomic E-state index is 0.0410. The van der Waals surface area contributed by atoms with Crippen molar-refractivity contribution in [1.82, 2.24) is 0 Å². The van der Waals surface area contributed by atoms with Crippen LogP contribution in [0, 0.1) is 15.9 Å². The summed E-state index contributed by atoms with van der Waals surface area (Å²) < 4.78 is 13.8. The first kappa shape index (κ1) is 15.4. The monoisotopic (exact) mass is 372 g/mol. The standard InChI is InChI=1S/C13H7BrClFN2O3/c14-9-3-1-7(5-12(9)18(20)21)13(19)17-11-4-2-8(15)6-10(11)16/h1-6H,(H,17,19). The molecule has 0 spiro atoms. The molecule has 21 heavy (non-hydrogen) atoms. The number of benzene rings is 2. The number of nitro groups is 1. The average Bonchev–Trinajstić information content (AvgIpc) is 2.42. The summed E-state index contributed by atoms with van der Waals surface area (Å²) in [7, 11) is 0. The molecular formula is C13H7BrClFN2O3. The number of nitrogens with one attached hydrogen (secondary N) is 1. The third kappa shape index (κ3) is 3.56. The number of carbonyl (C=O) groups is 1. The van der Waals surface area contributed by atoms with Crippen molar-refractivity contribution in [2.24, 2.45) is 0 Å². The molecule has 0 bridgehead atoms. The first-order valence-corrected chi connectivity index (χ1v) is 6.76. The number of nitrogens with zero attached hydrogens (tertiary/aromatic N) is 1. The quantitative estimate of drug-likeness (QED) is 0.640. The lowest BCUT2D eigenvalue weighted by atomic mass is 10.2. The maximum Gasteiger partial charge on any atom is 0.284 e. The molecule has 0 aliphatic carbocycles. The number of rotatable bonds is 3. The van der Waals surface area contributed by atoms with Crippen molar-refractivity contribution in [2.45, 2.75) is 0 Å². The number of carbonyl (C=O) groups excluding carboxylic acids is 1. The van der Waals surface area contributed by atoms with Crippen LogP contribution in [0.3, 0.4) is 0 Å². The van der Waals surface area contributed by atoms with Gasteiger partial charge in [0, 0.05) is 16.7 Å². The molecule has 0 fully saturated rings. The van der Waals surface area contributed by atoms with Crippen molar-refractivity contribution in [3.8, 4) is 0 Å². The molecule has 0 radical (unpaired) electrons. The third-order valence-electron chi connectivity index (χ3n) is 2.58. The molecule has 8 heteroatoms. The molecule has 2 aromatic carbocycles. The SMILES string of the molecule is O=C(Nc1ccc(Cl)cc1F)c1ccc(Br)c([N+](=O)[O-])c1. The molecule has 0 saturated carbocycles. The molecule has 0 atom stereocenters. The summed E-state index contributed by atoms with van der Waals surface area (Å²) in [6.45, 7) is 0. The van der Waals surface area contributed by atoms with Gasteiger partial charge < -0.3 is 5.32 Å². The Morgan fingerprint density at radius 1 is 1.29 bits per heavy atom. The van der Waals surface area contributed by atoms with E-state index >= 15 is 0 Å². The number of amides is 1. The van der Waals surface area contributed by atoms with Gasteiger partial charge >= 0.3 is 0 Å². The zero-order chi connectivity index (χ0) is 15.6. The largest absolute Gasteiger partial charge is 0.319 e. The fourth-order valence-electron chi connectivity index (χ4n) is 1.58. The Labute approximate surface area is 132 Å². The molecule has 5 nitrogen and oxygen atoms in total. The number of hydrogen-bond acceptors (Lipinski definition) is 3. The number of nitro benzene ring substituents is 1. The summed E-state index contributed by atoms with van der Waals surface area (Å²) in [5.41, 5.74) is -0.270. The van der Waals surface area contributed by atoms with E-state index in [9.17, 15) is 19.3 Å². The Morgan fingerprint density at radius 3 is 2.62 bits per heavy atom. The number of anilines is 1. The van der Waals surface area contributed by atoms with Gasteiger partial charge in [-0.1, -0.05) is 11.6 Å². The number of halogens is 3. The molecule has 0 aromatic heterocycles. The molecule has 1 amide bonds. The zero-order valence-electron chi connectivity index (χ0n) is 10.3. The van der Waals surface area contributed by atoms with Gasteiger partial charge in [-0.3, -0.25) is 14.9 Å². The highest BCUT2D eigenvalue weighted by Gasteiger charge is 2.17. The van der Waals surface area contributed by atoms with E-state index in [1.807, 2.05) is 0 Å². The van der Waals surface area contributed by atoms with Gasteiger partial charge in [0.1, 0.15) is 5.82 Å². The van der Waals surface area contributed by atoms with Crippen LogP contribution in [0.1, 0.15) is 10.4 Å². The van der Waals surface area contributed by atoms with Crippen LogP contribution in [0.2, 0.25) is 5.02 Å². The minimum atomic E-state index is -0.692. The van der Waals surface area contributed by atoms with Gasteiger partial charge in [-0.2, -0.15) is 0 Å². The van der Waals surface area contributed by atoms with Crippen LogP contribution < -0.4 is 5.32 Å². The molecular weight excluding hydrogens is 367 g/mol. The Morgan fingerprint density at radius 2 is 2.00 bits per heavy atom. The van der Waals surface area contributed by atoms with Crippen LogP contribution >= 0.6 is 27.5 Å². The fourth-order valence-corrected chi connectivity index (χ4v) is 2.13. The van der Waals surface area contributed by atoms with Gasteiger partial charge in [-0.05, 0) is 46.3 Å². The lowest BCUT2D eigenvalue weighted by Gasteiger charge is -2.07. The second-order valence-corrected chi connectivity index (χ2v) is 5.29. The topological polar surface area (TPSA) is 72.2 Å². The molecule has 0 heterocycles. The average molecular weight is 374 g/mol. The van der Waals surface area contributed by atoms with E-state index in [0.29, 0.717) is 0 Å². The molecule has 1 N–H and O–H groups in total. The van der Waals surface area contributed by atoms with Crippen LogP contribution in [-0.4, -0.2) is 10.8 Å². The molecule has 2 rings (SSSR count). The zero-order valence-corrected chi connectivity index (χ0v) is 12.6. The van der Waals surface area contributed by atoms with Gasteiger partial charge in [0.05, 0.1) is 15.1 Å². The van der Waals surface area contributed by atoms with Crippen LogP contribution in [0.25, 0.3) is 0 Å². The third-order valence-corrected chi connectivity index (χ3v) is 3.49. The van der Waals surface area contributed by atoms with E-state index in [1.54, 1.807) is 0 Å². The van der Waals surface area contributed by atoms with Gasteiger partial charge in [-0.25, -0.2) is 4.39 Å². The molecule has 108 valence electrons. The van der Waals surface area contributed by atoms with Crippen molar-refractivity contribution >= 4 is 44.8 Å². The minimum Gasteiger partial charge on any atom is -0.319 e. The second kappa shape index (κ2) is 6.19. The van der Waals surface area contributed by atoms with Crippen molar-refractivity contribution in [3.63, 3.8) is 0 Å². The van der Waals surface area contributed by atoms with E-state index in [1.165, 1.54) is 24.3 Å². The summed E-state index contributed by atoms with van der Waals surface area (Å²) in [5.74, 6) is -1.35. The summed E-state index contributed by atoms with van der Waals surface area (Å²) >= 11 is 8.63. The Balaban J connectivity index is 2.28.